The van der Waals surface area contributed by atoms with Gasteiger partial charge in [-0.25, -0.2) is 4.98 Å². The number of allylic oxidation sites excluding steroid dienone is 3. The second kappa shape index (κ2) is 8.04. The SMILES string of the molecule is C=CCc1nc(CC=C)n(CC=C)c1CNC(=O)C(=C)C. The summed E-state index contributed by atoms with van der Waals surface area (Å²) >= 11 is 0. The van der Waals surface area contributed by atoms with E-state index in [0.29, 0.717) is 31.5 Å². The van der Waals surface area contributed by atoms with Crippen molar-refractivity contribution in [3.05, 3.63) is 67.3 Å². The number of hydrogen-bond acceptors (Lipinski definition) is 2. The van der Waals surface area contributed by atoms with Crippen molar-refractivity contribution in [1.82, 2.24) is 14.9 Å². The number of aromatic nitrogens is 2. The highest BCUT2D eigenvalue weighted by molar-refractivity contribution is 5.91. The zero-order chi connectivity index (χ0) is 15.8. The van der Waals surface area contributed by atoms with E-state index in [9.17, 15) is 4.79 Å². The van der Waals surface area contributed by atoms with Crippen LogP contribution in [0.25, 0.3) is 0 Å². The molecule has 0 radical (unpaired) electrons. The first-order valence-electron chi connectivity index (χ1n) is 6.88. The maximum Gasteiger partial charge on any atom is 0.246 e. The van der Waals surface area contributed by atoms with Crippen molar-refractivity contribution in [3.8, 4) is 0 Å². The molecule has 112 valence electrons. The number of amides is 1. The van der Waals surface area contributed by atoms with E-state index in [-0.39, 0.29) is 5.91 Å². The molecule has 0 aliphatic rings. The Labute approximate surface area is 126 Å². The molecule has 0 aliphatic heterocycles. The van der Waals surface area contributed by atoms with E-state index in [1.807, 2.05) is 18.2 Å². The summed E-state index contributed by atoms with van der Waals surface area (Å²) in [5.41, 5.74) is 2.38. The highest BCUT2D eigenvalue weighted by Crippen LogP contribution is 2.15. The number of nitrogens with zero attached hydrogens (tertiary/aromatic N) is 2. The van der Waals surface area contributed by atoms with Crippen LogP contribution in [-0.2, 0) is 30.7 Å². The van der Waals surface area contributed by atoms with Gasteiger partial charge in [-0.1, -0.05) is 24.8 Å². The van der Waals surface area contributed by atoms with Crippen molar-refractivity contribution < 1.29 is 4.79 Å². The van der Waals surface area contributed by atoms with Crippen LogP contribution in [0.2, 0.25) is 0 Å². The van der Waals surface area contributed by atoms with Crippen LogP contribution in [-0.4, -0.2) is 15.5 Å². The summed E-state index contributed by atoms with van der Waals surface area (Å²) in [7, 11) is 0. The van der Waals surface area contributed by atoms with Crippen LogP contribution in [0.1, 0.15) is 24.1 Å². The van der Waals surface area contributed by atoms with E-state index in [2.05, 4.69) is 41.2 Å². The van der Waals surface area contributed by atoms with E-state index in [4.69, 9.17) is 0 Å². The zero-order valence-corrected chi connectivity index (χ0v) is 12.7. The summed E-state index contributed by atoms with van der Waals surface area (Å²) in [4.78, 5) is 16.3. The Kier molecular flexibility index (Phi) is 6.40. The Morgan fingerprint density at radius 1 is 1.24 bits per heavy atom. The monoisotopic (exact) mass is 285 g/mol. The van der Waals surface area contributed by atoms with Crippen LogP contribution in [0.4, 0.5) is 0 Å². The van der Waals surface area contributed by atoms with Crippen LogP contribution in [0.5, 0.6) is 0 Å². The molecular formula is C17H23N3O. The molecule has 0 spiro atoms. The molecular weight excluding hydrogens is 262 g/mol. The molecule has 0 saturated carbocycles. The molecule has 1 rings (SSSR count). The summed E-state index contributed by atoms with van der Waals surface area (Å²) in [6, 6.07) is 0. The average Bonchev–Trinajstić information content (AvgIpc) is 2.75. The van der Waals surface area contributed by atoms with Gasteiger partial charge in [-0.3, -0.25) is 4.79 Å². The van der Waals surface area contributed by atoms with Crippen molar-refractivity contribution >= 4 is 5.91 Å². The van der Waals surface area contributed by atoms with Crippen molar-refractivity contribution in [2.45, 2.75) is 32.9 Å². The minimum absolute atomic E-state index is 0.156. The van der Waals surface area contributed by atoms with Crippen molar-refractivity contribution in [2.75, 3.05) is 0 Å². The second-order valence-electron chi connectivity index (χ2n) is 4.77. The number of nitrogens with one attached hydrogen (secondary N) is 1. The number of rotatable bonds is 9. The second-order valence-corrected chi connectivity index (χ2v) is 4.77. The Morgan fingerprint density at radius 2 is 1.90 bits per heavy atom. The van der Waals surface area contributed by atoms with E-state index < -0.39 is 0 Å². The molecule has 21 heavy (non-hydrogen) atoms. The molecule has 1 heterocycles. The van der Waals surface area contributed by atoms with Gasteiger partial charge in [0.2, 0.25) is 5.91 Å². The maximum atomic E-state index is 11.7. The number of imidazole rings is 1. The molecule has 0 bridgehead atoms. The van der Waals surface area contributed by atoms with Gasteiger partial charge in [-0.15, -0.1) is 19.7 Å². The highest BCUT2D eigenvalue weighted by atomic mass is 16.1. The normalized spacial score (nSPS) is 9.95. The lowest BCUT2D eigenvalue weighted by Gasteiger charge is -2.11. The third-order valence-electron chi connectivity index (χ3n) is 3.01. The van der Waals surface area contributed by atoms with Crippen LogP contribution in [0, 0.1) is 0 Å². The van der Waals surface area contributed by atoms with Gasteiger partial charge in [0.05, 0.1) is 17.9 Å². The van der Waals surface area contributed by atoms with Crippen LogP contribution in [0.3, 0.4) is 0 Å². The first-order valence-corrected chi connectivity index (χ1v) is 6.88. The van der Waals surface area contributed by atoms with Gasteiger partial charge in [0.15, 0.2) is 0 Å². The molecule has 0 aromatic carbocycles. The number of carbonyl (C=O) groups excluding carboxylic acids is 1. The van der Waals surface area contributed by atoms with Crippen LogP contribution in [0.15, 0.2) is 50.1 Å². The van der Waals surface area contributed by atoms with Crippen LogP contribution < -0.4 is 5.32 Å². The fourth-order valence-corrected chi connectivity index (χ4v) is 2.03. The van der Waals surface area contributed by atoms with Gasteiger partial charge in [-0.2, -0.15) is 0 Å². The lowest BCUT2D eigenvalue weighted by molar-refractivity contribution is -0.117. The minimum atomic E-state index is -0.156. The molecule has 1 aromatic heterocycles. The molecule has 0 atom stereocenters. The lowest BCUT2D eigenvalue weighted by atomic mass is 10.2. The van der Waals surface area contributed by atoms with E-state index >= 15 is 0 Å². The quantitative estimate of drug-likeness (QED) is 0.560. The summed E-state index contributed by atoms with van der Waals surface area (Å²) in [5, 5.41) is 2.86. The molecule has 0 saturated heterocycles. The van der Waals surface area contributed by atoms with Crippen molar-refractivity contribution in [1.29, 1.82) is 0 Å². The van der Waals surface area contributed by atoms with Gasteiger partial charge in [0.1, 0.15) is 5.82 Å². The summed E-state index contributed by atoms with van der Waals surface area (Å²) < 4.78 is 2.06. The fraction of sp³-hybridized carbons (Fsp3) is 0.294. The van der Waals surface area contributed by atoms with Crippen molar-refractivity contribution in [2.24, 2.45) is 0 Å². The van der Waals surface area contributed by atoms with Gasteiger partial charge in [0, 0.05) is 25.0 Å². The summed E-state index contributed by atoms with van der Waals surface area (Å²) in [6.07, 6.45) is 6.77. The topological polar surface area (TPSA) is 46.9 Å². The minimum Gasteiger partial charge on any atom is -0.347 e. The van der Waals surface area contributed by atoms with Gasteiger partial charge >= 0.3 is 0 Å². The Balaban J connectivity index is 3.13. The largest absolute Gasteiger partial charge is 0.347 e. The molecule has 4 nitrogen and oxygen atoms in total. The first kappa shape index (κ1) is 16.7. The third kappa shape index (κ3) is 4.31. The Morgan fingerprint density at radius 3 is 2.43 bits per heavy atom. The first-order chi connectivity index (χ1) is 10.0. The Bertz CT molecular complexity index is 567. The molecule has 0 aliphatic carbocycles. The molecule has 4 heteroatoms. The summed E-state index contributed by atoms with van der Waals surface area (Å²) in [6.45, 7) is 17.7. The van der Waals surface area contributed by atoms with Crippen molar-refractivity contribution in [3.63, 3.8) is 0 Å². The molecule has 1 aromatic rings. The number of carbonyl (C=O) groups is 1. The van der Waals surface area contributed by atoms with E-state index in [1.165, 1.54) is 0 Å². The van der Waals surface area contributed by atoms with Gasteiger partial charge in [-0.05, 0) is 6.92 Å². The van der Waals surface area contributed by atoms with E-state index in [0.717, 1.165) is 17.2 Å². The molecule has 1 N–H and O–H groups in total. The van der Waals surface area contributed by atoms with Crippen LogP contribution >= 0.6 is 0 Å². The highest BCUT2D eigenvalue weighted by Gasteiger charge is 2.15. The maximum absolute atomic E-state index is 11.7. The number of hydrogen-bond donors (Lipinski definition) is 1. The predicted octanol–water partition coefficient (Wildman–Crippen LogP) is 2.72. The predicted molar refractivity (Wildman–Crippen MR) is 86.9 cm³/mol. The Hall–Kier alpha value is -2.36. The van der Waals surface area contributed by atoms with Gasteiger partial charge < -0.3 is 9.88 Å². The smallest absolute Gasteiger partial charge is 0.246 e. The molecule has 0 fully saturated rings. The lowest BCUT2D eigenvalue weighted by Crippen LogP contribution is -2.25. The van der Waals surface area contributed by atoms with E-state index in [1.54, 1.807) is 6.92 Å². The zero-order valence-electron chi connectivity index (χ0n) is 12.7. The average molecular weight is 285 g/mol. The van der Waals surface area contributed by atoms with Gasteiger partial charge in [0.25, 0.3) is 0 Å². The standard InChI is InChI=1S/C17H23N3O/c1-6-9-14-15(12-18-17(21)13(4)5)20(11-8-3)16(19-14)10-7-2/h6-8H,1-4,9-12H2,5H3,(H,18,21). The summed E-state index contributed by atoms with van der Waals surface area (Å²) in [5.74, 6) is 0.762. The molecule has 1 amide bonds. The molecule has 0 unspecified atom stereocenters. The third-order valence-corrected chi connectivity index (χ3v) is 3.01. The fourth-order valence-electron chi connectivity index (χ4n) is 2.03.